The number of benzene rings is 2. The molecule has 4 atom stereocenters. The molecule has 0 spiro atoms. The third kappa shape index (κ3) is 7.18. The molecule has 2 aliphatic rings. The number of morpholine rings is 1. The fourth-order valence-corrected chi connectivity index (χ4v) is 5.27. The van der Waals surface area contributed by atoms with Crippen molar-refractivity contribution in [1.29, 1.82) is 0 Å². The maximum atomic E-state index is 14.8. The molecule has 3 amide bonds. The van der Waals surface area contributed by atoms with Crippen molar-refractivity contribution in [1.82, 2.24) is 5.32 Å². The van der Waals surface area contributed by atoms with Crippen LogP contribution in [0.3, 0.4) is 0 Å². The lowest BCUT2D eigenvalue weighted by atomic mass is 10.1. The van der Waals surface area contributed by atoms with E-state index in [9.17, 15) is 28.3 Å². The zero-order valence-corrected chi connectivity index (χ0v) is 21.9. The summed E-state index contributed by atoms with van der Waals surface area (Å²) < 4.78 is 36.6. The van der Waals surface area contributed by atoms with Crippen LogP contribution in [0.2, 0.25) is 0 Å². The molecule has 0 saturated carbocycles. The van der Waals surface area contributed by atoms with Crippen LogP contribution in [0, 0.1) is 5.82 Å². The number of urea groups is 1. The molecular weight excluding hydrogens is 525 g/mol. The van der Waals surface area contributed by atoms with E-state index in [1.807, 2.05) is 4.90 Å². The van der Waals surface area contributed by atoms with Gasteiger partial charge in [0.25, 0.3) is 0 Å². The molecular formula is C23H29FN4O7P2. The lowest BCUT2D eigenvalue weighted by molar-refractivity contribution is 0.122. The maximum Gasteiger partial charge on any atom is 0.414 e. The number of halogens is 1. The van der Waals surface area contributed by atoms with Crippen molar-refractivity contribution >= 4 is 46.0 Å². The molecule has 14 heteroatoms. The molecule has 4 rings (SSSR count). The average Bonchev–Trinajstić information content (AvgIpc) is 3.27. The molecule has 2 aliphatic heterocycles. The molecule has 0 aromatic heterocycles. The highest BCUT2D eigenvalue weighted by Gasteiger charge is 2.33. The molecule has 2 aromatic rings. The van der Waals surface area contributed by atoms with Gasteiger partial charge in [0.1, 0.15) is 11.9 Å². The van der Waals surface area contributed by atoms with Crippen LogP contribution in [-0.2, 0) is 20.5 Å². The van der Waals surface area contributed by atoms with Crippen molar-refractivity contribution in [2.75, 3.05) is 54.5 Å². The number of cyclic esters (lactones) is 1. The van der Waals surface area contributed by atoms with E-state index in [1.165, 1.54) is 11.0 Å². The smallest absolute Gasteiger partial charge is 0.414 e. The van der Waals surface area contributed by atoms with Crippen molar-refractivity contribution in [2.24, 2.45) is 0 Å². The van der Waals surface area contributed by atoms with Crippen LogP contribution >= 0.6 is 16.8 Å². The lowest BCUT2D eigenvalue weighted by Crippen LogP contribution is -2.37. The Bertz CT molecular complexity index is 1130. The highest BCUT2D eigenvalue weighted by molar-refractivity contribution is 7.54. The predicted molar refractivity (Wildman–Crippen MR) is 140 cm³/mol. The zero-order chi connectivity index (χ0) is 26.4. The molecule has 11 nitrogen and oxygen atoms in total. The van der Waals surface area contributed by atoms with Gasteiger partial charge in [0.15, 0.2) is 8.03 Å². The average molecular weight is 554 g/mol. The number of carbonyl (C=O) groups is 2. The molecule has 2 aromatic carbocycles. The summed E-state index contributed by atoms with van der Waals surface area (Å²) in [6.07, 6.45) is -0.965. The predicted octanol–water partition coefficient (Wildman–Crippen LogP) is 2.73. The summed E-state index contributed by atoms with van der Waals surface area (Å²) in [5.74, 6) is -0.433. The van der Waals surface area contributed by atoms with Crippen LogP contribution in [0.15, 0.2) is 42.5 Å². The molecule has 0 radical (unpaired) electrons. The Hall–Kier alpha value is -2.75. The number of nitrogens with one attached hydrogen (secondary N) is 2. The van der Waals surface area contributed by atoms with E-state index >= 15 is 0 Å². The molecule has 4 N–H and O–H groups in total. The van der Waals surface area contributed by atoms with Crippen LogP contribution in [0.4, 0.5) is 31.0 Å². The van der Waals surface area contributed by atoms with E-state index in [4.69, 9.17) is 9.47 Å². The van der Waals surface area contributed by atoms with Gasteiger partial charge in [-0.15, -0.1) is 0 Å². The molecule has 0 aliphatic carbocycles. The second-order valence-electron chi connectivity index (χ2n) is 8.61. The molecule has 3 unspecified atom stereocenters. The van der Waals surface area contributed by atoms with E-state index in [-0.39, 0.29) is 19.5 Å². The molecule has 200 valence electrons. The van der Waals surface area contributed by atoms with Crippen molar-refractivity contribution in [3.63, 3.8) is 0 Å². The number of hydrogen-bond acceptors (Lipinski definition) is 7. The number of anilines is 3. The summed E-state index contributed by atoms with van der Waals surface area (Å²) >= 11 is 0. The van der Waals surface area contributed by atoms with Crippen molar-refractivity contribution in [3.05, 3.63) is 53.8 Å². The first kappa shape index (κ1) is 27.3. The number of rotatable bonds is 9. The third-order valence-electron chi connectivity index (χ3n) is 6.06. The summed E-state index contributed by atoms with van der Waals surface area (Å²) in [7, 11) is -3.46. The molecule has 2 saturated heterocycles. The summed E-state index contributed by atoms with van der Waals surface area (Å²) in [6.45, 7) is 2.48. The normalized spacial score (nSPS) is 19.6. The Balaban J connectivity index is 1.26. The zero-order valence-electron chi connectivity index (χ0n) is 19.9. The quantitative estimate of drug-likeness (QED) is 0.347. The Morgan fingerprint density at radius 2 is 1.95 bits per heavy atom. The second kappa shape index (κ2) is 12.7. The third-order valence-corrected chi connectivity index (χ3v) is 8.51. The van der Waals surface area contributed by atoms with E-state index in [2.05, 4.69) is 10.6 Å². The van der Waals surface area contributed by atoms with Crippen LogP contribution in [-0.4, -0.2) is 72.8 Å². The first-order valence-corrected chi connectivity index (χ1v) is 14.2. The van der Waals surface area contributed by atoms with Gasteiger partial charge in [-0.1, -0.05) is 12.1 Å². The first-order valence-electron chi connectivity index (χ1n) is 11.7. The van der Waals surface area contributed by atoms with E-state index in [0.29, 0.717) is 43.4 Å². The van der Waals surface area contributed by atoms with Gasteiger partial charge < -0.3 is 34.8 Å². The van der Waals surface area contributed by atoms with Gasteiger partial charge >= 0.3 is 12.1 Å². The van der Waals surface area contributed by atoms with Gasteiger partial charge in [-0.2, -0.15) is 0 Å². The van der Waals surface area contributed by atoms with Crippen LogP contribution in [0.5, 0.6) is 0 Å². The largest absolute Gasteiger partial charge is 0.442 e. The van der Waals surface area contributed by atoms with E-state index in [0.717, 1.165) is 5.56 Å². The van der Waals surface area contributed by atoms with Crippen molar-refractivity contribution in [3.8, 4) is 0 Å². The Morgan fingerprint density at radius 1 is 1.22 bits per heavy atom. The minimum atomic E-state index is -2.83. The Morgan fingerprint density at radius 3 is 2.59 bits per heavy atom. The van der Waals surface area contributed by atoms with Gasteiger partial charge in [0.2, 0.25) is 0 Å². The van der Waals surface area contributed by atoms with Crippen LogP contribution in [0.25, 0.3) is 0 Å². The fraction of sp³-hybridized carbons (Fsp3) is 0.391. The molecule has 2 heterocycles. The van der Waals surface area contributed by atoms with E-state index in [1.54, 1.807) is 36.4 Å². The number of nitrogens with zero attached hydrogens (tertiary/aromatic N) is 2. The number of carbonyl (C=O) groups excluding carboxylic acids is 2. The second-order valence-corrected chi connectivity index (χ2v) is 11.5. The SMILES string of the molecule is O=C(NC[C@H]1CN(c2ccc(N3CCOCC3)c(F)c2)C(=O)O1)Nc1ccc(CC(PO)[PH](=O)O)cc1. The van der Waals surface area contributed by atoms with Gasteiger partial charge in [-0.05, 0) is 42.3 Å². The molecule has 2 fully saturated rings. The van der Waals surface area contributed by atoms with Crippen molar-refractivity contribution in [2.45, 2.75) is 17.9 Å². The van der Waals surface area contributed by atoms with Gasteiger partial charge in [-0.25, -0.2) is 14.0 Å². The number of hydrogen-bond donors (Lipinski definition) is 4. The minimum absolute atomic E-state index is 0.0599. The lowest BCUT2D eigenvalue weighted by Gasteiger charge is -2.29. The summed E-state index contributed by atoms with van der Waals surface area (Å²) in [5, 5.41) is 4.63. The number of ether oxygens (including phenoxy) is 2. The van der Waals surface area contributed by atoms with Crippen LogP contribution in [0.1, 0.15) is 5.56 Å². The Kier molecular flexibility index (Phi) is 9.34. The summed E-state index contributed by atoms with van der Waals surface area (Å²) in [6, 6.07) is 10.8. The standard InChI is InChI=1S/C23H29FN4O7P2/c24-19-12-17(5-6-20(19)27-7-9-34-10-8-27)28-14-18(35-23(28)30)13-25-22(29)26-16-3-1-15(2-4-16)11-21(36-31)37(32)33/h1-6,12,18,21,31,36-37H,7-11,13-14H2,(H,32,33)(H2,25,26,29)/t18-,21?/m0/s1. The number of amides is 3. The molecule has 0 bridgehead atoms. The maximum absolute atomic E-state index is 14.8. The minimum Gasteiger partial charge on any atom is -0.442 e. The molecule has 37 heavy (non-hydrogen) atoms. The summed E-state index contributed by atoms with van der Waals surface area (Å²) in [5.41, 5.74) is 2.10. The van der Waals surface area contributed by atoms with E-state index < -0.39 is 46.3 Å². The highest BCUT2D eigenvalue weighted by atomic mass is 31.2. The fourth-order valence-electron chi connectivity index (χ4n) is 4.09. The highest BCUT2D eigenvalue weighted by Crippen LogP contribution is 2.37. The van der Waals surface area contributed by atoms with Gasteiger partial charge in [-0.3, -0.25) is 9.46 Å². The monoisotopic (exact) mass is 554 g/mol. The van der Waals surface area contributed by atoms with Crippen molar-refractivity contribution < 1.29 is 37.8 Å². The van der Waals surface area contributed by atoms with Gasteiger partial charge in [0, 0.05) is 27.6 Å². The van der Waals surface area contributed by atoms with Gasteiger partial charge in [0.05, 0.1) is 43.1 Å². The topological polar surface area (TPSA) is 141 Å². The van der Waals surface area contributed by atoms with Crippen LogP contribution < -0.4 is 20.4 Å². The summed E-state index contributed by atoms with van der Waals surface area (Å²) in [4.78, 5) is 46.3. The Labute approximate surface area is 215 Å². The first-order chi connectivity index (χ1) is 17.8.